The second-order valence-corrected chi connectivity index (χ2v) is 8.42. The number of anilines is 2. The van der Waals surface area contributed by atoms with E-state index in [2.05, 4.69) is 17.9 Å². The summed E-state index contributed by atoms with van der Waals surface area (Å²) in [4.78, 5) is 1.56. The van der Waals surface area contributed by atoms with Gasteiger partial charge in [-0.15, -0.1) is 12.6 Å². The Morgan fingerprint density at radius 2 is 1.56 bits per heavy atom. The van der Waals surface area contributed by atoms with Crippen LogP contribution in [0.2, 0.25) is 0 Å². The molecule has 6 nitrogen and oxygen atoms in total. The molecule has 0 radical (unpaired) electrons. The molecule has 2 fully saturated rings. The number of benzene rings is 2. The smallest absolute Gasteiger partial charge is 0.339 e. The Bertz CT molecular complexity index is 837. The Morgan fingerprint density at radius 3 is 2.07 bits per heavy atom. The van der Waals surface area contributed by atoms with Gasteiger partial charge in [0.25, 0.3) is 5.91 Å². The van der Waals surface area contributed by atoms with E-state index >= 15 is 0 Å². The first-order valence-corrected chi connectivity index (χ1v) is 9.38. The van der Waals surface area contributed by atoms with Crippen LogP contribution in [0.3, 0.4) is 0 Å². The molecule has 1 atom stereocenters. The molecule has 144 valence electrons. The molecule has 2 aliphatic carbocycles. The van der Waals surface area contributed by atoms with Gasteiger partial charge in [0.05, 0.1) is 0 Å². The van der Waals surface area contributed by atoms with E-state index in [-0.39, 0.29) is 11.1 Å². The Hall–Kier alpha value is -1.77. The summed E-state index contributed by atoms with van der Waals surface area (Å²) < 4.78 is 0. The minimum atomic E-state index is -2.75. The molecule has 1 unspecified atom stereocenters. The van der Waals surface area contributed by atoms with Crippen molar-refractivity contribution in [1.82, 2.24) is 0 Å². The van der Waals surface area contributed by atoms with E-state index in [9.17, 15) is 20.4 Å². The second kappa shape index (κ2) is 5.86. The number of nitrogens with one attached hydrogen (secondary N) is 1. The van der Waals surface area contributed by atoms with Crippen LogP contribution in [0.4, 0.5) is 11.4 Å². The third-order valence-electron chi connectivity index (χ3n) is 6.15. The lowest BCUT2D eigenvalue weighted by molar-refractivity contribution is -0.269. The molecule has 1 spiro atoms. The summed E-state index contributed by atoms with van der Waals surface area (Å²) in [5.41, 5.74) is -0.317. The van der Waals surface area contributed by atoms with Gasteiger partial charge in [0.15, 0.2) is 0 Å². The highest BCUT2D eigenvalue weighted by molar-refractivity contribution is 7.80. The molecule has 0 aliphatic heterocycles. The van der Waals surface area contributed by atoms with Gasteiger partial charge in [-0.05, 0) is 61.1 Å². The van der Waals surface area contributed by atoms with E-state index in [1.54, 1.807) is 61.5 Å². The number of para-hydroxylation sites is 1. The maximum atomic E-state index is 11.2. The van der Waals surface area contributed by atoms with E-state index in [0.717, 1.165) is 22.6 Å². The molecular formula is C20H24N2O4S. The Labute approximate surface area is 163 Å². The summed E-state index contributed by atoms with van der Waals surface area (Å²) in [5, 5.41) is 46.7. The first-order valence-electron chi connectivity index (χ1n) is 8.94. The van der Waals surface area contributed by atoms with Crippen molar-refractivity contribution in [3.63, 3.8) is 0 Å². The highest BCUT2D eigenvalue weighted by Gasteiger charge is 2.81. The molecule has 4 rings (SSSR count). The van der Waals surface area contributed by atoms with Gasteiger partial charge in [0.1, 0.15) is 0 Å². The maximum absolute atomic E-state index is 11.2. The largest absolute Gasteiger partial charge is 0.348 e. The van der Waals surface area contributed by atoms with Crippen LogP contribution >= 0.6 is 12.6 Å². The highest BCUT2D eigenvalue weighted by Crippen LogP contribution is 2.81. The molecule has 0 amide bonds. The fourth-order valence-corrected chi connectivity index (χ4v) is 4.33. The fourth-order valence-electron chi connectivity index (χ4n) is 4.18. The monoisotopic (exact) mass is 388 g/mol. The minimum Gasteiger partial charge on any atom is -0.348 e. The molecule has 0 bridgehead atoms. The van der Waals surface area contributed by atoms with Crippen molar-refractivity contribution in [2.24, 2.45) is 10.8 Å². The summed E-state index contributed by atoms with van der Waals surface area (Å²) >= 11 is 4.22. The SMILES string of the molecule is CC1(C(O)(O)N(c2ccccc2)C(O)(O)Nc2ccc(S)cc2)CC12CC2. The molecule has 2 aliphatic rings. The van der Waals surface area contributed by atoms with Crippen LogP contribution in [0.15, 0.2) is 59.5 Å². The quantitative estimate of drug-likeness (QED) is 0.336. The number of rotatable bonds is 6. The van der Waals surface area contributed by atoms with Crippen molar-refractivity contribution in [2.45, 2.75) is 43.0 Å². The van der Waals surface area contributed by atoms with Gasteiger partial charge in [-0.2, -0.15) is 0 Å². The van der Waals surface area contributed by atoms with Crippen molar-refractivity contribution in [1.29, 1.82) is 0 Å². The van der Waals surface area contributed by atoms with Crippen LogP contribution in [0.5, 0.6) is 0 Å². The van der Waals surface area contributed by atoms with E-state index < -0.39 is 17.4 Å². The maximum Gasteiger partial charge on any atom is 0.339 e. The van der Waals surface area contributed by atoms with Crippen molar-refractivity contribution < 1.29 is 20.4 Å². The average Bonchev–Trinajstić information content (AvgIpc) is 3.49. The van der Waals surface area contributed by atoms with Crippen molar-refractivity contribution >= 4 is 24.0 Å². The molecule has 27 heavy (non-hydrogen) atoms. The summed E-state index contributed by atoms with van der Waals surface area (Å²) in [7, 11) is 0. The zero-order valence-corrected chi connectivity index (χ0v) is 15.9. The number of hydrogen-bond acceptors (Lipinski definition) is 7. The van der Waals surface area contributed by atoms with Crippen molar-refractivity contribution in [3.05, 3.63) is 54.6 Å². The van der Waals surface area contributed by atoms with Crippen LogP contribution in [-0.4, -0.2) is 32.4 Å². The number of nitrogens with zero attached hydrogens (tertiary/aromatic N) is 1. The predicted molar refractivity (Wildman–Crippen MR) is 105 cm³/mol. The summed E-state index contributed by atoms with van der Waals surface area (Å²) in [6, 6.07) is 12.3. The zero-order valence-electron chi connectivity index (χ0n) is 15.0. The van der Waals surface area contributed by atoms with Gasteiger partial charge in [-0.25, -0.2) is 4.90 Å². The van der Waals surface area contributed by atoms with Gasteiger partial charge in [-0.3, -0.25) is 0 Å². The predicted octanol–water partition coefficient (Wildman–Crippen LogP) is 2.32. The second-order valence-electron chi connectivity index (χ2n) is 7.90. The van der Waals surface area contributed by atoms with E-state index in [4.69, 9.17) is 0 Å². The van der Waals surface area contributed by atoms with E-state index in [1.165, 1.54) is 0 Å². The highest BCUT2D eigenvalue weighted by atomic mass is 32.1. The molecule has 5 N–H and O–H groups in total. The van der Waals surface area contributed by atoms with Gasteiger partial charge < -0.3 is 25.7 Å². The van der Waals surface area contributed by atoms with Crippen molar-refractivity contribution in [3.8, 4) is 0 Å². The van der Waals surface area contributed by atoms with Gasteiger partial charge in [-0.1, -0.05) is 25.1 Å². The normalized spacial score (nSPS) is 23.2. The first-order chi connectivity index (χ1) is 12.6. The first kappa shape index (κ1) is 18.6. The molecule has 0 aromatic heterocycles. The van der Waals surface area contributed by atoms with E-state index in [1.807, 2.05) is 0 Å². The van der Waals surface area contributed by atoms with Crippen LogP contribution in [0.1, 0.15) is 26.2 Å². The third-order valence-corrected chi connectivity index (χ3v) is 6.45. The van der Waals surface area contributed by atoms with Gasteiger partial charge in [0.2, 0.25) is 0 Å². The van der Waals surface area contributed by atoms with E-state index in [0.29, 0.717) is 12.1 Å². The molecule has 0 heterocycles. The van der Waals surface area contributed by atoms with Gasteiger partial charge in [0, 0.05) is 21.7 Å². The third kappa shape index (κ3) is 2.90. The molecule has 2 saturated carbocycles. The van der Waals surface area contributed by atoms with Crippen LogP contribution in [0, 0.1) is 10.8 Å². The molecule has 0 saturated heterocycles. The number of thiol groups is 1. The fraction of sp³-hybridized carbons (Fsp3) is 0.400. The topological polar surface area (TPSA) is 96.2 Å². The lowest BCUT2D eigenvalue weighted by atomic mass is 9.97. The zero-order chi connectivity index (χ0) is 19.5. The number of hydrogen-bond donors (Lipinski definition) is 6. The number of aliphatic hydroxyl groups is 4. The average molecular weight is 388 g/mol. The molecule has 7 heteroatoms. The minimum absolute atomic E-state index is 0.132. The van der Waals surface area contributed by atoms with Crippen LogP contribution in [-0.2, 0) is 0 Å². The lowest BCUT2D eigenvalue weighted by Gasteiger charge is -2.47. The summed E-state index contributed by atoms with van der Waals surface area (Å²) in [6.07, 6.45) is 2.45. The standard InChI is InChI=1S/C20H24N2O4S/c1-17(13-18(17)11-12-18)19(23,24)22(15-5-3-2-4-6-15)20(25,26)21-14-7-9-16(27)10-8-14/h2-10,21,23-27H,11-13H2,1H3. The molecular weight excluding hydrogens is 364 g/mol. The summed E-state index contributed by atoms with van der Waals surface area (Å²) in [6.45, 7) is 1.78. The van der Waals surface area contributed by atoms with Crippen LogP contribution < -0.4 is 10.2 Å². The molecule has 2 aromatic rings. The molecule has 2 aromatic carbocycles. The Morgan fingerprint density at radius 1 is 0.963 bits per heavy atom. The summed E-state index contributed by atoms with van der Waals surface area (Å²) in [5.74, 6) is -2.47. The van der Waals surface area contributed by atoms with Crippen molar-refractivity contribution in [2.75, 3.05) is 10.2 Å². The lowest BCUT2D eigenvalue weighted by Crippen LogP contribution is -2.68. The van der Waals surface area contributed by atoms with Gasteiger partial charge >= 0.3 is 6.03 Å². The van der Waals surface area contributed by atoms with Crippen LogP contribution in [0.25, 0.3) is 0 Å². The Balaban J connectivity index is 1.72. The Kier molecular flexibility index (Phi) is 4.04.